The molecule has 28 heavy (non-hydrogen) atoms. The van der Waals surface area contributed by atoms with E-state index in [9.17, 15) is 9.59 Å². The largest absolute Gasteiger partial charge is 0.370 e. The molecule has 0 unspecified atom stereocenters. The molecule has 5 N–H and O–H groups in total. The fraction of sp³-hybridized carbons (Fsp3) is 0.333. The first-order chi connectivity index (χ1) is 13.6. The van der Waals surface area contributed by atoms with Crippen LogP contribution in [-0.4, -0.2) is 31.6 Å². The number of nitrogens with two attached hydrogens (primary N) is 1. The lowest BCUT2D eigenvalue weighted by Gasteiger charge is -2.35. The summed E-state index contributed by atoms with van der Waals surface area (Å²) in [4.78, 5) is 26.2. The summed E-state index contributed by atoms with van der Waals surface area (Å²) in [5.41, 5.74) is 5.50. The van der Waals surface area contributed by atoms with Gasteiger partial charge in [-0.2, -0.15) is 0 Å². The van der Waals surface area contributed by atoms with E-state index in [4.69, 9.17) is 5.84 Å². The SMILES string of the molecule is CCNC(=O)Nc1ccc(C(=O)NN)cc1N1CCC(c2ccccc2)CC1. The Labute approximate surface area is 165 Å². The van der Waals surface area contributed by atoms with Gasteiger partial charge in [-0.1, -0.05) is 30.3 Å². The van der Waals surface area contributed by atoms with Crippen LogP contribution >= 0.6 is 0 Å². The van der Waals surface area contributed by atoms with Gasteiger partial charge in [-0.25, -0.2) is 10.6 Å². The fourth-order valence-electron chi connectivity index (χ4n) is 3.63. The molecule has 0 atom stereocenters. The number of anilines is 2. The molecule has 0 aliphatic carbocycles. The summed E-state index contributed by atoms with van der Waals surface area (Å²) < 4.78 is 0. The lowest BCUT2D eigenvalue weighted by molar-refractivity contribution is 0.0953. The molecular formula is C21H27N5O2. The van der Waals surface area contributed by atoms with Crippen LogP contribution in [0, 0.1) is 0 Å². The number of nitrogen functional groups attached to an aromatic ring is 1. The average Bonchev–Trinajstić information content (AvgIpc) is 2.74. The summed E-state index contributed by atoms with van der Waals surface area (Å²) in [5.74, 6) is 5.45. The first-order valence-corrected chi connectivity index (χ1v) is 9.62. The molecule has 7 heteroatoms. The lowest BCUT2D eigenvalue weighted by Crippen LogP contribution is -2.35. The molecule has 3 amide bonds. The quantitative estimate of drug-likeness (QED) is 0.363. The molecule has 1 fully saturated rings. The minimum absolute atomic E-state index is 0.265. The van der Waals surface area contributed by atoms with Crippen LogP contribution in [0.25, 0.3) is 0 Å². The van der Waals surface area contributed by atoms with Gasteiger partial charge in [0, 0.05) is 25.2 Å². The van der Waals surface area contributed by atoms with Crippen molar-refractivity contribution in [3.63, 3.8) is 0 Å². The van der Waals surface area contributed by atoms with Gasteiger partial charge in [0.15, 0.2) is 0 Å². The van der Waals surface area contributed by atoms with Crippen LogP contribution in [0.5, 0.6) is 0 Å². The van der Waals surface area contributed by atoms with E-state index >= 15 is 0 Å². The number of nitrogens with one attached hydrogen (secondary N) is 3. The van der Waals surface area contributed by atoms with Crippen LogP contribution < -0.4 is 26.8 Å². The van der Waals surface area contributed by atoms with Gasteiger partial charge in [0.1, 0.15) is 0 Å². The highest BCUT2D eigenvalue weighted by atomic mass is 16.2. The van der Waals surface area contributed by atoms with Gasteiger partial charge < -0.3 is 15.5 Å². The van der Waals surface area contributed by atoms with E-state index in [-0.39, 0.29) is 11.9 Å². The van der Waals surface area contributed by atoms with E-state index in [1.807, 2.05) is 13.0 Å². The summed E-state index contributed by atoms with van der Waals surface area (Å²) in [6, 6.07) is 15.5. The molecule has 7 nitrogen and oxygen atoms in total. The highest BCUT2D eigenvalue weighted by Gasteiger charge is 2.23. The number of benzene rings is 2. The second kappa shape index (κ2) is 9.23. The Bertz CT molecular complexity index is 817. The Balaban J connectivity index is 1.80. The van der Waals surface area contributed by atoms with Crippen molar-refractivity contribution in [2.24, 2.45) is 5.84 Å². The zero-order chi connectivity index (χ0) is 19.9. The molecule has 1 aliphatic rings. The molecule has 1 aliphatic heterocycles. The van der Waals surface area contributed by atoms with E-state index in [2.05, 4.69) is 45.2 Å². The zero-order valence-electron chi connectivity index (χ0n) is 16.1. The van der Waals surface area contributed by atoms with Gasteiger partial charge >= 0.3 is 6.03 Å². The number of nitrogens with zero attached hydrogens (tertiary/aromatic N) is 1. The average molecular weight is 381 g/mol. The molecular weight excluding hydrogens is 354 g/mol. The number of hydrogen-bond acceptors (Lipinski definition) is 4. The van der Waals surface area contributed by atoms with Crippen molar-refractivity contribution in [2.75, 3.05) is 29.9 Å². The maximum absolute atomic E-state index is 12.0. The number of hydrazine groups is 1. The third-order valence-electron chi connectivity index (χ3n) is 5.08. The predicted molar refractivity (Wildman–Crippen MR) is 111 cm³/mol. The van der Waals surface area contributed by atoms with Crippen molar-refractivity contribution in [1.82, 2.24) is 10.7 Å². The normalized spacial score (nSPS) is 14.4. The first-order valence-electron chi connectivity index (χ1n) is 9.62. The highest BCUT2D eigenvalue weighted by molar-refractivity contribution is 5.98. The van der Waals surface area contributed by atoms with Crippen LogP contribution in [0.2, 0.25) is 0 Å². The molecule has 0 spiro atoms. The Kier molecular flexibility index (Phi) is 6.49. The molecule has 0 aromatic heterocycles. The number of urea groups is 1. The van der Waals surface area contributed by atoms with Crippen molar-refractivity contribution < 1.29 is 9.59 Å². The highest BCUT2D eigenvalue weighted by Crippen LogP contribution is 2.34. The topological polar surface area (TPSA) is 99.5 Å². The Morgan fingerprint density at radius 1 is 1.11 bits per heavy atom. The molecule has 0 radical (unpaired) electrons. The maximum atomic E-state index is 12.0. The van der Waals surface area contributed by atoms with Crippen molar-refractivity contribution in [1.29, 1.82) is 0 Å². The molecule has 1 saturated heterocycles. The molecule has 0 bridgehead atoms. The molecule has 0 saturated carbocycles. The van der Waals surface area contributed by atoms with Crippen molar-refractivity contribution in [3.8, 4) is 0 Å². The van der Waals surface area contributed by atoms with E-state index in [1.54, 1.807) is 18.2 Å². The summed E-state index contributed by atoms with van der Waals surface area (Å²) in [5, 5.41) is 5.61. The van der Waals surface area contributed by atoms with E-state index in [1.165, 1.54) is 5.56 Å². The van der Waals surface area contributed by atoms with Gasteiger partial charge in [-0.15, -0.1) is 0 Å². The second-order valence-corrected chi connectivity index (χ2v) is 6.86. The van der Waals surface area contributed by atoms with Gasteiger partial charge in [0.25, 0.3) is 5.91 Å². The number of amides is 3. The van der Waals surface area contributed by atoms with Crippen molar-refractivity contribution in [3.05, 3.63) is 59.7 Å². The van der Waals surface area contributed by atoms with Crippen molar-refractivity contribution in [2.45, 2.75) is 25.7 Å². The summed E-state index contributed by atoms with van der Waals surface area (Å²) >= 11 is 0. The summed E-state index contributed by atoms with van der Waals surface area (Å²) in [6.45, 7) is 4.09. The smallest absolute Gasteiger partial charge is 0.319 e. The van der Waals surface area contributed by atoms with E-state index in [0.29, 0.717) is 23.7 Å². The third kappa shape index (κ3) is 4.61. The van der Waals surface area contributed by atoms with Crippen LogP contribution in [0.15, 0.2) is 48.5 Å². The van der Waals surface area contributed by atoms with E-state index in [0.717, 1.165) is 31.6 Å². The molecule has 2 aromatic carbocycles. The lowest BCUT2D eigenvalue weighted by atomic mass is 9.89. The Morgan fingerprint density at radius 2 is 1.82 bits per heavy atom. The summed E-state index contributed by atoms with van der Waals surface area (Å²) in [7, 11) is 0. The molecule has 1 heterocycles. The van der Waals surface area contributed by atoms with Crippen LogP contribution in [-0.2, 0) is 0 Å². The predicted octanol–water partition coefficient (Wildman–Crippen LogP) is 2.82. The number of piperidine rings is 1. The number of hydrogen-bond donors (Lipinski definition) is 4. The number of rotatable bonds is 5. The first kappa shape index (κ1) is 19.7. The van der Waals surface area contributed by atoms with Crippen molar-refractivity contribution >= 4 is 23.3 Å². The van der Waals surface area contributed by atoms with Gasteiger partial charge in [-0.05, 0) is 49.4 Å². The molecule has 2 aromatic rings. The van der Waals surface area contributed by atoms with Gasteiger partial charge in [0.05, 0.1) is 11.4 Å². The summed E-state index contributed by atoms with van der Waals surface area (Å²) in [6.07, 6.45) is 2.02. The Morgan fingerprint density at radius 3 is 2.46 bits per heavy atom. The van der Waals surface area contributed by atoms with Gasteiger partial charge in [-0.3, -0.25) is 10.2 Å². The maximum Gasteiger partial charge on any atom is 0.319 e. The number of carbonyl (C=O) groups excluding carboxylic acids is 2. The Hall–Kier alpha value is -3.06. The fourth-order valence-corrected chi connectivity index (χ4v) is 3.63. The molecule has 148 valence electrons. The van der Waals surface area contributed by atoms with Crippen LogP contribution in [0.1, 0.15) is 41.6 Å². The molecule has 3 rings (SSSR count). The van der Waals surface area contributed by atoms with E-state index < -0.39 is 0 Å². The third-order valence-corrected chi connectivity index (χ3v) is 5.08. The van der Waals surface area contributed by atoms with Crippen LogP contribution in [0.3, 0.4) is 0 Å². The minimum Gasteiger partial charge on any atom is -0.370 e. The number of carbonyl (C=O) groups is 2. The zero-order valence-corrected chi connectivity index (χ0v) is 16.1. The standard InChI is InChI=1S/C21H27N5O2/c1-2-23-21(28)24-18-9-8-17(20(27)25-22)14-19(18)26-12-10-16(11-13-26)15-6-4-3-5-7-15/h3-9,14,16H,2,10-13,22H2,1H3,(H,25,27)(H2,23,24,28). The second-order valence-electron chi connectivity index (χ2n) is 6.86. The van der Waals surface area contributed by atoms with Gasteiger partial charge in [0.2, 0.25) is 0 Å². The monoisotopic (exact) mass is 381 g/mol. The van der Waals surface area contributed by atoms with Crippen LogP contribution in [0.4, 0.5) is 16.2 Å². The minimum atomic E-state index is -0.356.